The Kier molecular flexibility index (Phi) is 4.61. The first kappa shape index (κ1) is 14.8. The Labute approximate surface area is 106 Å². The molecule has 1 N–H and O–H groups in total. The van der Waals surface area contributed by atoms with Crippen molar-refractivity contribution in [1.82, 2.24) is 4.31 Å². The van der Waals surface area contributed by atoms with Gasteiger partial charge in [-0.05, 0) is 25.1 Å². The van der Waals surface area contributed by atoms with Crippen LogP contribution in [0.25, 0.3) is 0 Å². The van der Waals surface area contributed by atoms with Gasteiger partial charge in [0.15, 0.2) is 0 Å². The van der Waals surface area contributed by atoms with E-state index in [1.807, 2.05) is 0 Å². The van der Waals surface area contributed by atoms with Gasteiger partial charge in [-0.15, -0.1) is 0 Å². The maximum atomic E-state index is 13.2. The summed E-state index contributed by atoms with van der Waals surface area (Å²) in [5.74, 6) is -0.626. The fourth-order valence-corrected chi connectivity index (χ4v) is 2.76. The molecule has 18 heavy (non-hydrogen) atoms. The van der Waals surface area contributed by atoms with Crippen molar-refractivity contribution in [3.63, 3.8) is 0 Å². The molecule has 0 aliphatic rings. The Morgan fingerprint density at radius 1 is 1.50 bits per heavy atom. The third kappa shape index (κ3) is 3.16. The number of aliphatic hydroxyl groups is 1. The van der Waals surface area contributed by atoms with Crippen molar-refractivity contribution < 1.29 is 17.9 Å². The fraction of sp³-hybridized carbons (Fsp3) is 0.333. The first-order valence-corrected chi connectivity index (χ1v) is 6.73. The van der Waals surface area contributed by atoms with Crippen molar-refractivity contribution in [2.75, 3.05) is 13.6 Å². The predicted molar refractivity (Wildman–Crippen MR) is 67.0 cm³/mol. The van der Waals surface area contributed by atoms with Crippen molar-refractivity contribution in [2.45, 2.75) is 18.4 Å². The molecule has 0 aliphatic heterocycles. The normalized spacial score (nSPS) is 11.8. The van der Waals surface area contributed by atoms with Gasteiger partial charge in [0, 0.05) is 19.2 Å². The number of hydrogen-bond acceptors (Lipinski definition) is 3. The van der Waals surface area contributed by atoms with E-state index in [4.69, 9.17) is 5.11 Å². The standard InChI is InChI=1S/C12H16FNO3S/c1-9(2)7-14(3)18(16,17)11-4-5-12(13)10(6-11)8-15/h4-6,15H,1,7-8H2,2-3H3. The Morgan fingerprint density at radius 3 is 2.61 bits per heavy atom. The lowest BCUT2D eigenvalue weighted by atomic mass is 10.2. The monoisotopic (exact) mass is 273 g/mol. The summed E-state index contributed by atoms with van der Waals surface area (Å²) in [5.41, 5.74) is 0.658. The number of hydrogen-bond donors (Lipinski definition) is 1. The molecule has 0 saturated carbocycles. The van der Waals surface area contributed by atoms with Gasteiger partial charge < -0.3 is 5.11 Å². The first-order chi connectivity index (χ1) is 8.28. The average Bonchev–Trinajstić information content (AvgIpc) is 2.28. The summed E-state index contributed by atoms with van der Waals surface area (Å²) in [4.78, 5) is -0.0447. The number of halogens is 1. The van der Waals surface area contributed by atoms with Gasteiger partial charge in [0.1, 0.15) is 5.82 Å². The molecule has 1 aromatic rings. The molecular formula is C12H16FNO3S. The maximum absolute atomic E-state index is 13.2. The Morgan fingerprint density at radius 2 is 2.11 bits per heavy atom. The molecule has 100 valence electrons. The average molecular weight is 273 g/mol. The second-order valence-electron chi connectivity index (χ2n) is 4.13. The van der Waals surface area contributed by atoms with Crippen LogP contribution in [0.2, 0.25) is 0 Å². The molecule has 0 amide bonds. The lowest BCUT2D eigenvalue weighted by molar-refractivity contribution is 0.275. The molecule has 4 nitrogen and oxygen atoms in total. The van der Waals surface area contributed by atoms with Crippen molar-refractivity contribution in [3.8, 4) is 0 Å². The van der Waals surface area contributed by atoms with Crippen LogP contribution in [0.1, 0.15) is 12.5 Å². The number of likely N-dealkylation sites (N-methyl/N-ethyl adjacent to an activating group) is 1. The minimum absolute atomic E-state index is 0.0419. The molecular weight excluding hydrogens is 257 g/mol. The highest BCUT2D eigenvalue weighted by molar-refractivity contribution is 7.89. The summed E-state index contributed by atoms with van der Waals surface area (Å²) in [5, 5.41) is 8.93. The smallest absolute Gasteiger partial charge is 0.243 e. The SMILES string of the molecule is C=C(C)CN(C)S(=O)(=O)c1ccc(F)c(CO)c1. The Bertz CT molecular complexity index is 554. The number of rotatable bonds is 5. The van der Waals surface area contributed by atoms with Crippen LogP contribution < -0.4 is 0 Å². The zero-order valence-corrected chi connectivity index (χ0v) is 11.2. The van der Waals surface area contributed by atoms with Crippen LogP contribution in [-0.2, 0) is 16.6 Å². The van der Waals surface area contributed by atoms with Gasteiger partial charge in [-0.3, -0.25) is 0 Å². The summed E-state index contributed by atoms with van der Waals surface area (Å²) < 4.78 is 38.6. The molecule has 0 unspecified atom stereocenters. The molecule has 0 atom stereocenters. The lowest BCUT2D eigenvalue weighted by Gasteiger charge is -2.17. The van der Waals surface area contributed by atoms with E-state index in [0.29, 0.717) is 5.57 Å². The number of nitrogens with zero attached hydrogens (tertiary/aromatic N) is 1. The van der Waals surface area contributed by atoms with E-state index in [1.54, 1.807) is 6.92 Å². The van der Waals surface area contributed by atoms with Gasteiger partial charge in [0.2, 0.25) is 10.0 Å². The van der Waals surface area contributed by atoms with Crippen LogP contribution in [0.4, 0.5) is 4.39 Å². The Balaban J connectivity index is 3.16. The quantitative estimate of drug-likeness (QED) is 0.827. The zero-order valence-electron chi connectivity index (χ0n) is 10.4. The van der Waals surface area contributed by atoms with Crippen molar-refractivity contribution >= 4 is 10.0 Å². The summed E-state index contributed by atoms with van der Waals surface area (Å²) in [6.45, 7) is 5.01. The third-order valence-electron chi connectivity index (χ3n) is 2.39. The Hall–Kier alpha value is -1.24. The molecule has 1 aromatic carbocycles. The molecule has 6 heteroatoms. The zero-order chi connectivity index (χ0) is 13.9. The van der Waals surface area contributed by atoms with E-state index in [2.05, 4.69) is 6.58 Å². The van der Waals surface area contributed by atoms with E-state index in [9.17, 15) is 12.8 Å². The van der Waals surface area contributed by atoms with E-state index in [-0.39, 0.29) is 17.0 Å². The molecule has 0 fully saturated rings. The predicted octanol–water partition coefficient (Wildman–Crippen LogP) is 1.51. The van der Waals surface area contributed by atoms with Crippen LogP contribution >= 0.6 is 0 Å². The van der Waals surface area contributed by atoms with Crippen LogP contribution in [0.3, 0.4) is 0 Å². The molecule has 0 heterocycles. The third-order valence-corrected chi connectivity index (χ3v) is 4.19. The summed E-state index contributed by atoms with van der Waals surface area (Å²) >= 11 is 0. The first-order valence-electron chi connectivity index (χ1n) is 5.29. The fourth-order valence-electron chi connectivity index (χ4n) is 1.48. The largest absolute Gasteiger partial charge is 0.392 e. The van der Waals surface area contributed by atoms with Gasteiger partial charge in [0.25, 0.3) is 0 Å². The van der Waals surface area contributed by atoms with E-state index in [0.717, 1.165) is 16.4 Å². The summed E-state index contributed by atoms with van der Waals surface area (Å²) in [6, 6.07) is 3.35. The van der Waals surface area contributed by atoms with Crippen LogP contribution in [0, 0.1) is 5.82 Å². The van der Waals surface area contributed by atoms with Gasteiger partial charge in [0.05, 0.1) is 11.5 Å². The molecule has 1 rings (SSSR count). The van der Waals surface area contributed by atoms with Gasteiger partial charge in [-0.1, -0.05) is 12.2 Å². The highest BCUT2D eigenvalue weighted by atomic mass is 32.2. The number of aliphatic hydroxyl groups excluding tert-OH is 1. The van der Waals surface area contributed by atoms with Crippen LogP contribution in [0.5, 0.6) is 0 Å². The molecule has 0 radical (unpaired) electrons. The molecule has 0 saturated heterocycles. The minimum Gasteiger partial charge on any atom is -0.392 e. The molecule has 0 bridgehead atoms. The van der Waals surface area contributed by atoms with E-state index >= 15 is 0 Å². The van der Waals surface area contributed by atoms with Crippen molar-refractivity contribution in [1.29, 1.82) is 0 Å². The number of sulfonamides is 1. The van der Waals surface area contributed by atoms with Crippen molar-refractivity contribution in [2.24, 2.45) is 0 Å². The van der Waals surface area contributed by atoms with Gasteiger partial charge >= 0.3 is 0 Å². The lowest BCUT2D eigenvalue weighted by Crippen LogP contribution is -2.28. The maximum Gasteiger partial charge on any atom is 0.243 e. The van der Waals surface area contributed by atoms with Crippen LogP contribution in [-0.4, -0.2) is 31.4 Å². The minimum atomic E-state index is -3.69. The molecule has 0 aromatic heterocycles. The van der Waals surface area contributed by atoms with Crippen molar-refractivity contribution in [3.05, 3.63) is 41.7 Å². The van der Waals surface area contributed by atoms with Crippen LogP contribution in [0.15, 0.2) is 35.2 Å². The van der Waals surface area contributed by atoms with E-state index < -0.39 is 22.4 Å². The number of benzene rings is 1. The molecule has 0 aliphatic carbocycles. The highest BCUT2D eigenvalue weighted by Crippen LogP contribution is 2.18. The molecule has 0 spiro atoms. The highest BCUT2D eigenvalue weighted by Gasteiger charge is 2.21. The topological polar surface area (TPSA) is 57.6 Å². The second kappa shape index (κ2) is 5.60. The van der Waals surface area contributed by atoms with E-state index in [1.165, 1.54) is 13.1 Å². The van der Waals surface area contributed by atoms with Gasteiger partial charge in [-0.25, -0.2) is 12.8 Å². The summed E-state index contributed by atoms with van der Waals surface area (Å²) in [7, 11) is -2.27. The van der Waals surface area contributed by atoms with Gasteiger partial charge in [-0.2, -0.15) is 4.31 Å². The summed E-state index contributed by atoms with van der Waals surface area (Å²) in [6.07, 6.45) is 0. The second-order valence-corrected chi connectivity index (χ2v) is 6.17.